The molecule has 138 valence electrons. The minimum atomic E-state index is 0. The fourth-order valence-corrected chi connectivity index (χ4v) is 3.47. The molecule has 0 saturated heterocycles. The lowest BCUT2D eigenvalue weighted by Gasteiger charge is -2.25. The van der Waals surface area contributed by atoms with E-state index in [2.05, 4.69) is 58.9 Å². The molecule has 25 heavy (non-hydrogen) atoms. The Hall–Kier alpha value is -1.24. The highest BCUT2D eigenvalue weighted by Gasteiger charge is 2.14. The molecule has 0 unspecified atom stereocenters. The lowest BCUT2D eigenvalue weighted by molar-refractivity contribution is 0.410. The van der Waals surface area contributed by atoms with Crippen molar-refractivity contribution in [2.75, 3.05) is 24.5 Å². The maximum atomic E-state index is 4.81. The molecule has 1 saturated carbocycles. The second kappa shape index (κ2) is 10.7. The number of benzene rings is 1. The summed E-state index contributed by atoms with van der Waals surface area (Å²) < 4.78 is 0. The van der Waals surface area contributed by atoms with Crippen LogP contribution in [0.2, 0.25) is 0 Å². The van der Waals surface area contributed by atoms with E-state index in [1.165, 1.54) is 43.4 Å². The van der Waals surface area contributed by atoms with Crippen LogP contribution in [0.1, 0.15) is 44.6 Å². The summed E-state index contributed by atoms with van der Waals surface area (Å²) in [6.07, 6.45) is 11.0. The molecule has 1 heterocycles. The molecule has 0 amide bonds. The van der Waals surface area contributed by atoms with E-state index in [4.69, 9.17) is 4.99 Å². The molecule has 2 N–H and O–H groups in total. The molecule has 3 rings (SSSR count). The van der Waals surface area contributed by atoms with Crippen LogP contribution in [0.25, 0.3) is 0 Å². The normalized spacial score (nSPS) is 18.1. The van der Waals surface area contributed by atoms with Crippen molar-refractivity contribution in [3.8, 4) is 0 Å². The minimum Gasteiger partial charge on any atom is -0.364 e. The molecule has 0 bridgehead atoms. The van der Waals surface area contributed by atoms with Gasteiger partial charge in [0.25, 0.3) is 0 Å². The van der Waals surface area contributed by atoms with Crippen LogP contribution in [0.15, 0.2) is 41.4 Å². The van der Waals surface area contributed by atoms with Crippen LogP contribution in [0.5, 0.6) is 0 Å². The van der Waals surface area contributed by atoms with Crippen molar-refractivity contribution in [1.29, 1.82) is 0 Å². The van der Waals surface area contributed by atoms with Crippen molar-refractivity contribution >= 4 is 35.6 Å². The number of nitrogens with zero attached hydrogens (tertiary/aromatic N) is 2. The first-order chi connectivity index (χ1) is 11.8. The van der Waals surface area contributed by atoms with Gasteiger partial charge in [-0.05, 0) is 37.5 Å². The van der Waals surface area contributed by atoms with Crippen LogP contribution < -0.4 is 15.5 Å². The van der Waals surface area contributed by atoms with E-state index in [1.807, 2.05) is 0 Å². The van der Waals surface area contributed by atoms with Gasteiger partial charge in [0, 0.05) is 31.4 Å². The molecule has 0 radical (unpaired) electrons. The van der Waals surface area contributed by atoms with Crippen LogP contribution in [0.4, 0.5) is 5.69 Å². The first-order valence-corrected chi connectivity index (χ1v) is 9.39. The summed E-state index contributed by atoms with van der Waals surface area (Å²) in [4.78, 5) is 7.18. The van der Waals surface area contributed by atoms with E-state index in [0.717, 1.165) is 32.1 Å². The van der Waals surface area contributed by atoms with Crippen molar-refractivity contribution in [2.45, 2.75) is 51.6 Å². The van der Waals surface area contributed by atoms with Gasteiger partial charge in [-0.3, -0.25) is 0 Å². The predicted molar refractivity (Wildman–Crippen MR) is 118 cm³/mol. The third-order valence-electron chi connectivity index (χ3n) is 4.80. The predicted octanol–water partition coefficient (Wildman–Crippen LogP) is 4.07. The first-order valence-electron chi connectivity index (χ1n) is 9.39. The molecule has 2 aliphatic rings. The Bertz CT molecular complexity index is 571. The van der Waals surface area contributed by atoms with E-state index >= 15 is 0 Å². The summed E-state index contributed by atoms with van der Waals surface area (Å²) in [5, 5.41) is 7.00. The summed E-state index contributed by atoms with van der Waals surface area (Å²) in [6.45, 7) is 5.77. The van der Waals surface area contributed by atoms with Gasteiger partial charge in [-0.15, -0.1) is 24.0 Å². The molecule has 0 aromatic heterocycles. The molecular weight excluding hydrogens is 423 g/mol. The van der Waals surface area contributed by atoms with Gasteiger partial charge in [0.1, 0.15) is 0 Å². The van der Waals surface area contributed by atoms with E-state index in [1.54, 1.807) is 0 Å². The quantitative estimate of drug-likeness (QED) is 0.305. The van der Waals surface area contributed by atoms with Crippen LogP contribution in [-0.4, -0.2) is 31.6 Å². The third kappa shape index (κ3) is 6.20. The summed E-state index contributed by atoms with van der Waals surface area (Å²) in [6, 6.07) is 9.34. The zero-order valence-corrected chi connectivity index (χ0v) is 17.5. The summed E-state index contributed by atoms with van der Waals surface area (Å²) in [5.74, 6) is 0.956. The molecule has 1 aromatic carbocycles. The lowest BCUT2D eigenvalue weighted by atomic mass is 9.96. The van der Waals surface area contributed by atoms with Crippen LogP contribution >= 0.6 is 24.0 Å². The molecule has 1 fully saturated rings. The highest BCUT2D eigenvalue weighted by atomic mass is 127. The Labute approximate surface area is 169 Å². The highest BCUT2D eigenvalue weighted by molar-refractivity contribution is 14.0. The maximum Gasteiger partial charge on any atom is 0.191 e. The molecule has 0 atom stereocenters. The zero-order chi connectivity index (χ0) is 16.6. The molecular formula is C20H31IN4. The van der Waals surface area contributed by atoms with E-state index in [0.29, 0.717) is 6.04 Å². The Balaban J connectivity index is 0.00000225. The van der Waals surface area contributed by atoms with Crippen molar-refractivity contribution in [2.24, 2.45) is 4.99 Å². The average molecular weight is 454 g/mol. The maximum absolute atomic E-state index is 4.81. The minimum absolute atomic E-state index is 0. The van der Waals surface area contributed by atoms with Crippen LogP contribution in [0, 0.1) is 0 Å². The number of hydrogen-bond donors (Lipinski definition) is 2. The van der Waals surface area contributed by atoms with Crippen LogP contribution in [0.3, 0.4) is 0 Å². The second-order valence-electron chi connectivity index (χ2n) is 6.72. The largest absolute Gasteiger partial charge is 0.364 e. The number of guanidine groups is 1. The Morgan fingerprint density at radius 3 is 2.64 bits per heavy atom. The van der Waals surface area contributed by atoms with Gasteiger partial charge < -0.3 is 15.5 Å². The smallest absolute Gasteiger partial charge is 0.191 e. The number of aliphatic imine (C=N–C) groups is 1. The number of anilines is 1. The molecule has 1 aliphatic carbocycles. The Kier molecular flexibility index (Phi) is 8.58. The SMILES string of the molecule is CCNC(=NCc1cccc(N2CC=CC2)c1)NC1CCCCC1.I. The molecule has 5 heteroatoms. The number of rotatable bonds is 5. The monoisotopic (exact) mass is 454 g/mol. The van der Waals surface area contributed by atoms with Gasteiger partial charge in [0.2, 0.25) is 0 Å². The zero-order valence-electron chi connectivity index (χ0n) is 15.2. The molecule has 1 aliphatic heterocycles. The summed E-state index contributed by atoms with van der Waals surface area (Å²) >= 11 is 0. The topological polar surface area (TPSA) is 39.7 Å². The Morgan fingerprint density at radius 2 is 1.92 bits per heavy atom. The van der Waals surface area contributed by atoms with E-state index in [9.17, 15) is 0 Å². The van der Waals surface area contributed by atoms with Crippen molar-refractivity contribution in [1.82, 2.24) is 10.6 Å². The van der Waals surface area contributed by atoms with Crippen molar-refractivity contribution < 1.29 is 0 Å². The van der Waals surface area contributed by atoms with Gasteiger partial charge in [-0.25, -0.2) is 4.99 Å². The van der Waals surface area contributed by atoms with Crippen LogP contribution in [-0.2, 0) is 6.54 Å². The average Bonchev–Trinajstić information content (AvgIpc) is 3.16. The van der Waals surface area contributed by atoms with E-state index < -0.39 is 0 Å². The van der Waals surface area contributed by atoms with Gasteiger partial charge in [0.15, 0.2) is 5.96 Å². The highest BCUT2D eigenvalue weighted by Crippen LogP contribution is 2.19. The van der Waals surface area contributed by atoms with Gasteiger partial charge in [0.05, 0.1) is 6.54 Å². The first kappa shape index (κ1) is 20.1. The van der Waals surface area contributed by atoms with E-state index in [-0.39, 0.29) is 24.0 Å². The van der Waals surface area contributed by atoms with Crippen molar-refractivity contribution in [3.05, 3.63) is 42.0 Å². The standard InChI is InChI=1S/C20H30N4.HI/c1-2-21-20(23-18-10-4-3-5-11-18)22-16-17-9-8-12-19(15-17)24-13-6-7-14-24;/h6-9,12,15,18H,2-5,10-11,13-14,16H2,1H3,(H2,21,22,23);1H. The molecule has 4 nitrogen and oxygen atoms in total. The van der Waals surface area contributed by atoms with Crippen molar-refractivity contribution in [3.63, 3.8) is 0 Å². The fourth-order valence-electron chi connectivity index (χ4n) is 3.47. The fraction of sp³-hybridized carbons (Fsp3) is 0.550. The van der Waals surface area contributed by atoms with Gasteiger partial charge in [-0.1, -0.05) is 43.5 Å². The molecule has 1 aromatic rings. The number of nitrogens with one attached hydrogen (secondary N) is 2. The van der Waals surface area contributed by atoms with Gasteiger partial charge >= 0.3 is 0 Å². The second-order valence-corrected chi connectivity index (χ2v) is 6.72. The number of hydrogen-bond acceptors (Lipinski definition) is 2. The number of halogens is 1. The molecule has 0 spiro atoms. The lowest BCUT2D eigenvalue weighted by Crippen LogP contribution is -2.44. The summed E-state index contributed by atoms with van der Waals surface area (Å²) in [5.41, 5.74) is 2.55. The summed E-state index contributed by atoms with van der Waals surface area (Å²) in [7, 11) is 0. The van der Waals surface area contributed by atoms with Gasteiger partial charge in [-0.2, -0.15) is 0 Å². The Morgan fingerprint density at radius 1 is 1.16 bits per heavy atom. The third-order valence-corrected chi connectivity index (χ3v) is 4.80.